The van der Waals surface area contributed by atoms with E-state index in [0.29, 0.717) is 10.9 Å². The molecule has 3 heteroatoms. The Kier molecular flexibility index (Phi) is 8.66. The molecule has 0 saturated heterocycles. The van der Waals surface area contributed by atoms with Crippen LogP contribution in [0.4, 0.5) is 0 Å². The van der Waals surface area contributed by atoms with E-state index in [1.165, 1.54) is 44.9 Å². The smallest absolute Gasteiger partial charge is 0.171 e. The number of aromatic nitrogens is 1. The minimum atomic E-state index is 0.456. The molecule has 0 aromatic carbocycles. The Labute approximate surface area is 116 Å². The fourth-order valence-corrected chi connectivity index (χ4v) is 2.07. The minimum Gasteiger partial charge on any atom is -0.490 e. The molecule has 0 saturated carbocycles. The first-order chi connectivity index (χ1) is 8.84. The van der Waals surface area contributed by atoms with E-state index >= 15 is 0 Å². The fraction of sp³-hybridized carbons (Fsp3) is 0.667. The minimum absolute atomic E-state index is 0.456. The third-order valence-electron chi connectivity index (χ3n) is 2.98. The Balaban J connectivity index is 1.94. The molecular formula is C15H24ClNO. The molecule has 1 aromatic rings. The summed E-state index contributed by atoms with van der Waals surface area (Å²) in [4.78, 5) is 3.98. The highest BCUT2D eigenvalue weighted by atomic mass is 35.5. The van der Waals surface area contributed by atoms with Gasteiger partial charge in [0.05, 0.1) is 6.61 Å². The van der Waals surface area contributed by atoms with Gasteiger partial charge in [-0.25, -0.2) is 4.98 Å². The maximum atomic E-state index is 5.90. The fourth-order valence-electron chi connectivity index (χ4n) is 1.90. The molecule has 0 fully saturated rings. The van der Waals surface area contributed by atoms with E-state index in [1.807, 2.05) is 12.1 Å². The number of hydrogen-bond donors (Lipinski definition) is 0. The Bertz CT molecular complexity index is 317. The summed E-state index contributed by atoms with van der Waals surface area (Å²) in [5, 5.41) is 0.456. The molecule has 0 atom stereocenters. The first kappa shape index (κ1) is 15.3. The van der Waals surface area contributed by atoms with Gasteiger partial charge in [-0.05, 0) is 18.6 Å². The van der Waals surface area contributed by atoms with Crippen LogP contribution in [-0.2, 0) is 0 Å². The van der Waals surface area contributed by atoms with Gasteiger partial charge in [0.2, 0.25) is 0 Å². The molecule has 0 N–H and O–H groups in total. The molecule has 0 unspecified atom stereocenters. The Morgan fingerprint density at radius 3 is 2.39 bits per heavy atom. The molecule has 0 aliphatic rings. The number of halogens is 1. The van der Waals surface area contributed by atoms with Gasteiger partial charge < -0.3 is 4.74 Å². The van der Waals surface area contributed by atoms with Crippen LogP contribution in [0.2, 0.25) is 5.15 Å². The Hall–Kier alpha value is -0.760. The zero-order chi connectivity index (χ0) is 13.1. The summed E-state index contributed by atoms with van der Waals surface area (Å²) in [6.07, 6.45) is 12.1. The van der Waals surface area contributed by atoms with Gasteiger partial charge >= 0.3 is 0 Å². The number of hydrogen-bond acceptors (Lipinski definition) is 2. The molecule has 1 rings (SSSR count). The second kappa shape index (κ2) is 10.2. The van der Waals surface area contributed by atoms with E-state index in [1.54, 1.807) is 6.20 Å². The summed E-state index contributed by atoms with van der Waals surface area (Å²) < 4.78 is 5.59. The molecule has 1 aromatic heterocycles. The van der Waals surface area contributed by atoms with Crippen molar-refractivity contribution in [1.82, 2.24) is 4.98 Å². The molecule has 0 aliphatic heterocycles. The summed E-state index contributed by atoms with van der Waals surface area (Å²) in [7, 11) is 0. The van der Waals surface area contributed by atoms with Crippen molar-refractivity contribution in [3.63, 3.8) is 0 Å². The summed E-state index contributed by atoms with van der Waals surface area (Å²) in [5.41, 5.74) is 0. The third kappa shape index (κ3) is 6.85. The number of nitrogens with zero attached hydrogens (tertiary/aromatic N) is 1. The van der Waals surface area contributed by atoms with Gasteiger partial charge in [-0.2, -0.15) is 0 Å². The van der Waals surface area contributed by atoms with Crippen molar-refractivity contribution in [3.05, 3.63) is 23.5 Å². The van der Waals surface area contributed by atoms with Gasteiger partial charge in [-0.1, -0.05) is 63.5 Å². The number of rotatable bonds is 10. The predicted molar refractivity (Wildman–Crippen MR) is 77.4 cm³/mol. The van der Waals surface area contributed by atoms with Crippen LogP contribution in [0, 0.1) is 0 Å². The summed E-state index contributed by atoms with van der Waals surface area (Å²) in [6, 6.07) is 3.70. The number of pyridine rings is 1. The van der Waals surface area contributed by atoms with Crippen LogP contribution in [0.15, 0.2) is 18.3 Å². The maximum absolute atomic E-state index is 5.90. The normalized spacial score (nSPS) is 10.6. The van der Waals surface area contributed by atoms with Crippen LogP contribution in [-0.4, -0.2) is 11.6 Å². The van der Waals surface area contributed by atoms with E-state index in [0.717, 1.165) is 13.0 Å². The van der Waals surface area contributed by atoms with E-state index in [4.69, 9.17) is 16.3 Å². The van der Waals surface area contributed by atoms with Crippen LogP contribution in [0.3, 0.4) is 0 Å². The van der Waals surface area contributed by atoms with Crippen molar-refractivity contribution in [2.45, 2.75) is 58.3 Å². The highest BCUT2D eigenvalue weighted by Crippen LogP contribution is 2.20. The lowest BCUT2D eigenvalue weighted by Gasteiger charge is -2.06. The molecule has 2 nitrogen and oxygen atoms in total. The van der Waals surface area contributed by atoms with E-state index in [2.05, 4.69) is 11.9 Å². The SMILES string of the molecule is CCCCCCCCCCOc1cccnc1Cl. The molecule has 0 bridgehead atoms. The van der Waals surface area contributed by atoms with Crippen molar-refractivity contribution in [2.24, 2.45) is 0 Å². The van der Waals surface area contributed by atoms with Crippen molar-refractivity contribution in [2.75, 3.05) is 6.61 Å². The van der Waals surface area contributed by atoms with Crippen molar-refractivity contribution in [3.8, 4) is 5.75 Å². The summed E-state index contributed by atoms with van der Waals surface area (Å²) in [6.45, 7) is 2.99. The maximum Gasteiger partial charge on any atom is 0.171 e. The van der Waals surface area contributed by atoms with Crippen molar-refractivity contribution in [1.29, 1.82) is 0 Å². The Morgan fingerprint density at radius 2 is 1.72 bits per heavy atom. The average Bonchev–Trinajstić information content (AvgIpc) is 2.39. The monoisotopic (exact) mass is 269 g/mol. The van der Waals surface area contributed by atoms with Crippen LogP contribution in [0.25, 0.3) is 0 Å². The summed E-state index contributed by atoms with van der Waals surface area (Å²) in [5.74, 6) is 0.696. The van der Waals surface area contributed by atoms with Crippen LogP contribution < -0.4 is 4.74 Å². The highest BCUT2D eigenvalue weighted by Gasteiger charge is 2.00. The zero-order valence-corrected chi connectivity index (χ0v) is 12.1. The lowest BCUT2D eigenvalue weighted by atomic mass is 10.1. The molecule has 102 valence electrons. The molecule has 18 heavy (non-hydrogen) atoms. The quantitative estimate of drug-likeness (QED) is 0.427. The summed E-state index contributed by atoms with van der Waals surface area (Å²) >= 11 is 5.90. The molecule has 0 amide bonds. The van der Waals surface area contributed by atoms with Gasteiger partial charge in [0.1, 0.15) is 0 Å². The van der Waals surface area contributed by atoms with Crippen molar-refractivity contribution >= 4 is 11.6 Å². The lowest BCUT2D eigenvalue weighted by Crippen LogP contribution is -1.98. The largest absolute Gasteiger partial charge is 0.490 e. The van der Waals surface area contributed by atoms with E-state index in [-0.39, 0.29) is 0 Å². The first-order valence-electron chi connectivity index (χ1n) is 7.08. The molecule has 0 spiro atoms. The Morgan fingerprint density at radius 1 is 1.06 bits per heavy atom. The van der Waals surface area contributed by atoms with Crippen molar-refractivity contribution < 1.29 is 4.74 Å². The van der Waals surface area contributed by atoms with Crippen LogP contribution in [0.1, 0.15) is 58.3 Å². The lowest BCUT2D eigenvalue weighted by molar-refractivity contribution is 0.303. The average molecular weight is 270 g/mol. The number of unbranched alkanes of at least 4 members (excludes halogenated alkanes) is 7. The standard InChI is InChI=1S/C15H24ClNO/c1-2-3-4-5-6-7-8-9-13-18-14-11-10-12-17-15(14)16/h10-12H,2-9,13H2,1H3. The van der Waals surface area contributed by atoms with Crippen LogP contribution >= 0.6 is 11.6 Å². The number of ether oxygens (including phenoxy) is 1. The first-order valence-corrected chi connectivity index (χ1v) is 7.45. The van der Waals surface area contributed by atoms with Gasteiger partial charge in [-0.3, -0.25) is 0 Å². The van der Waals surface area contributed by atoms with Gasteiger partial charge in [-0.15, -0.1) is 0 Å². The van der Waals surface area contributed by atoms with Gasteiger partial charge in [0.15, 0.2) is 10.9 Å². The second-order valence-electron chi connectivity index (χ2n) is 4.62. The molecule has 0 aliphatic carbocycles. The predicted octanol–water partition coefficient (Wildman–Crippen LogP) is 5.25. The van der Waals surface area contributed by atoms with Gasteiger partial charge in [0, 0.05) is 6.20 Å². The topological polar surface area (TPSA) is 22.1 Å². The van der Waals surface area contributed by atoms with E-state index in [9.17, 15) is 0 Å². The van der Waals surface area contributed by atoms with Crippen LogP contribution in [0.5, 0.6) is 5.75 Å². The van der Waals surface area contributed by atoms with E-state index < -0.39 is 0 Å². The van der Waals surface area contributed by atoms with Gasteiger partial charge in [0.25, 0.3) is 0 Å². The molecule has 0 radical (unpaired) electrons. The zero-order valence-electron chi connectivity index (χ0n) is 11.3. The highest BCUT2D eigenvalue weighted by molar-refractivity contribution is 6.30. The molecule has 1 heterocycles. The third-order valence-corrected chi connectivity index (χ3v) is 3.26. The molecular weight excluding hydrogens is 246 g/mol. The second-order valence-corrected chi connectivity index (χ2v) is 4.97.